The number of carbonyl (C=O) groups is 2. The van der Waals surface area contributed by atoms with E-state index in [2.05, 4.69) is 16.2 Å². The molecule has 0 unspecified atom stereocenters. The standard InChI is InChI=1S/C25H26N6O3/c26-17-25(31-12-4-9-27-31)7-13-30(14-8-25)24(34)22-16-20(23(33)29-10-2-1-3-11-29)19-15-18(32)5-6-21(19)28-22/h4-6,9,12,15-16,32H,1-3,7-8,10-11,13-14H2. The molecule has 2 aromatic heterocycles. The van der Waals surface area contributed by atoms with Gasteiger partial charge in [0.25, 0.3) is 11.8 Å². The van der Waals surface area contributed by atoms with Crippen LogP contribution in [-0.2, 0) is 5.54 Å². The summed E-state index contributed by atoms with van der Waals surface area (Å²) >= 11 is 0. The molecule has 2 saturated heterocycles. The highest BCUT2D eigenvalue weighted by Gasteiger charge is 2.39. The molecule has 1 aromatic carbocycles. The summed E-state index contributed by atoms with van der Waals surface area (Å²) in [5, 5.41) is 24.6. The number of piperidine rings is 2. The van der Waals surface area contributed by atoms with E-state index >= 15 is 0 Å². The van der Waals surface area contributed by atoms with Crippen molar-refractivity contribution in [1.29, 1.82) is 5.26 Å². The molecule has 0 atom stereocenters. The molecule has 2 aliphatic heterocycles. The van der Waals surface area contributed by atoms with Gasteiger partial charge in [-0.25, -0.2) is 4.98 Å². The topological polar surface area (TPSA) is 115 Å². The van der Waals surface area contributed by atoms with Crippen molar-refractivity contribution in [2.45, 2.75) is 37.6 Å². The number of carbonyl (C=O) groups excluding carboxylic acids is 2. The normalized spacial score (nSPS) is 18.0. The van der Waals surface area contributed by atoms with E-state index in [1.807, 2.05) is 4.90 Å². The Balaban J connectivity index is 1.44. The van der Waals surface area contributed by atoms with Gasteiger partial charge in [-0.05, 0) is 49.6 Å². The summed E-state index contributed by atoms with van der Waals surface area (Å²) in [6, 6.07) is 10.4. The first kappa shape index (κ1) is 21.9. The van der Waals surface area contributed by atoms with Gasteiger partial charge in [0.15, 0.2) is 5.54 Å². The van der Waals surface area contributed by atoms with Crippen LogP contribution < -0.4 is 0 Å². The van der Waals surface area contributed by atoms with Crippen molar-refractivity contribution in [3.05, 3.63) is 54.0 Å². The summed E-state index contributed by atoms with van der Waals surface area (Å²) in [7, 11) is 0. The SMILES string of the molecule is N#CC1(n2cccn2)CCN(C(=O)c2cc(C(=O)N3CCCCC3)c3cc(O)ccc3n2)CC1. The summed E-state index contributed by atoms with van der Waals surface area (Å²) in [5.74, 6) is -0.370. The van der Waals surface area contributed by atoms with Gasteiger partial charge >= 0.3 is 0 Å². The Labute approximate surface area is 197 Å². The Morgan fingerprint density at radius 1 is 1.00 bits per heavy atom. The molecule has 34 heavy (non-hydrogen) atoms. The summed E-state index contributed by atoms with van der Waals surface area (Å²) in [4.78, 5) is 34.8. The van der Waals surface area contributed by atoms with Gasteiger partial charge in [0.1, 0.15) is 11.4 Å². The fourth-order valence-electron chi connectivity index (χ4n) is 4.92. The molecule has 2 fully saturated rings. The van der Waals surface area contributed by atoms with Crippen molar-refractivity contribution in [3.63, 3.8) is 0 Å². The number of phenolic OH excluding ortho intramolecular Hbond substituents is 1. The Bertz CT molecular complexity index is 1270. The van der Waals surface area contributed by atoms with Crippen molar-refractivity contribution in [2.24, 2.45) is 0 Å². The molecule has 0 bridgehead atoms. The van der Waals surface area contributed by atoms with Crippen LogP contribution in [0.1, 0.15) is 53.0 Å². The first-order chi connectivity index (χ1) is 16.5. The van der Waals surface area contributed by atoms with Crippen molar-refractivity contribution >= 4 is 22.7 Å². The third kappa shape index (κ3) is 3.85. The number of nitrogens with zero attached hydrogens (tertiary/aromatic N) is 6. The molecule has 1 N–H and O–H groups in total. The number of aromatic nitrogens is 3. The zero-order valence-corrected chi connectivity index (χ0v) is 18.9. The molecule has 9 heteroatoms. The second kappa shape index (κ2) is 8.78. The average molecular weight is 459 g/mol. The van der Waals surface area contributed by atoms with Gasteiger partial charge in [0, 0.05) is 56.8 Å². The van der Waals surface area contributed by atoms with E-state index in [1.54, 1.807) is 40.2 Å². The molecule has 0 aliphatic carbocycles. The monoisotopic (exact) mass is 458 g/mol. The zero-order chi connectivity index (χ0) is 23.7. The van der Waals surface area contributed by atoms with Crippen molar-refractivity contribution in [1.82, 2.24) is 24.6 Å². The van der Waals surface area contributed by atoms with Gasteiger partial charge in [-0.3, -0.25) is 14.3 Å². The fraction of sp³-hybridized carbons (Fsp3) is 0.400. The predicted octanol–water partition coefficient (Wildman–Crippen LogP) is 2.92. The molecule has 2 amide bonds. The number of aromatic hydroxyl groups is 1. The lowest BCUT2D eigenvalue weighted by atomic mass is 9.89. The highest BCUT2D eigenvalue weighted by atomic mass is 16.3. The summed E-state index contributed by atoms with van der Waals surface area (Å²) in [5.41, 5.74) is 0.293. The van der Waals surface area contributed by atoms with Crippen LogP contribution in [0.25, 0.3) is 10.9 Å². The van der Waals surface area contributed by atoms with E-state index in [0.29, 0.717) is 55.5 Å². The lowest BCUT2D eigenvalue weighted by molar-refractivity contribution is 0.0639. The fourth-order valence-corrected chi connectivity index (χ4v) is 4.92. The number of benzene rings is 1. The zero-order valence-electron chi connectivity index (χ0n) is 18.9. The second-order valence-electron chi connectivity index (χ2n) is 9.00. The number of hydrogen-bond donors (Lipinski definition) is 1. The van der Waals surface area contributed by atoms with Gasteiger partial charge in [-0.1, -0.05) is 0 Å². The van der Waals surface area contributed by atoms with Crippen LogP contribution in [0, 0.1) is 11.3 Å². The number of fused-ring (bicyclic) bond motifs is 1. The van der Waals surface area contributed by atoms with Crippen molar-refractivity contribution in [3.8, 4) is 11.8 Å². The molecule has 9 nitrogen and oxygen atoms in total. The number of rotatable bonds is 3. The molecule has 4 heterocycles. The lowest BCUT2D eigenvalue weighted by Gasteiger charge is -2.37. The number of amides is 2. The molecule has 0 radical (unpaired) electrons. The molecule has 3 aromatic rings. The highest BCUT2D eigenvalue weighted by molar-refractivity contribution is 6.09. The smallest absolute Gasteiger partial charge is 0.272 e. The number of likely N-dealkylation sites (tertiary alicyclic amines) is 2. The molecular weight excluding hydrogens is 432 g/mol. The van der Waals surface area contributed by atoms with Crippen molar-refractivity contribution in [2.75, 3.05) is 26.2 Å². The minimum Gasteiger partial charge on any atom is -0.508 e. The molecule has 0 saturated carbocycles. The third-order valence-corrected chi connectivity index (χ3v) is 6.91. The second-order valence-corrected chi connectivity index (χ2v) is 9.00. The van der Waals surface area contributed by atoms with Gasteiger partial charge in [-0.2, -0.15) is 10.4 Å². The molecule has 174 valence electrons. The van der Waals surface area contributed by atoms with Gasteiger partial charge in [-0.15, -0.1) is 0 Å². The third-order valence-electron chi connectivity index (χ3n) is 6.91. The van der Waals surface area contributed by atoms with Crippen LogP contribution >= 0.6 is 0 Å². The maximum absolute atomic E-state index is 13.4. The Kier molecular flexibility index (Phi) is 5.65. The van der Waals surface area contributed by atoms with E-state index in [4.69, 9.17) is 0 Å². The number of nitriles is 1. The maximum Gasteiger partial charge on any atom is 0.272 e. The van der Waals surface area contributed by atoms with E-state index in [9.17, 15) is 20.0 Å². The molecule has 5 rings (SSSR count). The van der Waals surface area contributed by atoms with Gasteiger partial charge in [0.2, 0.25) is 0 Å². The Morgan fingerprint density at radius 2 is 1.74 bits per heavy atom. The number of pyridine rings is 1. The summed E-state index contributed by atoms with van der Waals surface area (Å²) < 4.78 is 1.67. The van der Waals surface area contributed by atoms with Crippen LogP contribution in [0.15, 0.2) is 42.7 Å². The minimum absolute atomic E-state index is 0.0450. The average Bonchev–Trinajstić information content (AvgIpc) is 3.44. The molecule has 0 spiro atoms. The lowest BCUT2D eigenvalue weighted by Crippen LogP contribution is -2.47. The largest absolute Gasteiger partial charge is 0.508 e. The Morgan fingerprint density at radius 3 is 2.41 bits per heavy atom. The molecular formula is C25H26N6O3. The van der Waals surface area contributed by atoms with Crippen molar-refractivity contribution < 1.29 is 14.7 Å². The highest BCUT2D eigenvalue weighted by Crippen LogP contribution is 2.31. The predicted molar refractivity (Wildman–Crippen MR) is 124 cm³/mol. The van der Waals surface area contributed by atoms with Crippen LogP contribution in [0.5, 0.6) is 5.75 Å². The van der Waals surface area contributed by atoms with Crippen LogP contribution in [0.3, 0.4) is 0 Å². The quantitative estimate of drug-likeness (QED) is 0.645. The molecule has 2 aliphatic rings. The maximum atomic E-state index is 13.4. The summed E-state index contributed by atoms with van der Waals surface area (Å²) in [6.45, 7) is 2.13. The minimum atomic E-state index is -0.774. The Hall–Kier alpha value is -3.93. The van der Waals surface area contributed by atoms with E-state index < -0.39 is 5.54 Å². The van der Waals surface area contributed by atoms with Crippen LogP contribution in [-0.4, -0.2) is 67.7 Å². The first-order valence-electron chi connectivity index (χ1n) is 11.6. The number of phenols is 1. The van der Waals surface area contributed by atoms with Crippen LogP contribution in [0.2, 0.25) is 0 Å². The summed E-state index contributed by atoms with van der Waals surface area (Å²) in [6.07, 6.45) is 7.35. The van der Waals surface area contributed by atoms with E-state index in [-0.39, 0.29) is 23.3 Å². The number of hydrogen-bond acceptors (Lipinski definition) is 6. The van der Waals surface area contributed by atoms with Gasteiger partial charge < -0.3 is 14.9 Å². The van der Waals surface area contributed by atoms with E-state index in [0.717, 1.165) is 19.3 Å². The van der Waals surface area contributed by atoms with Crippen LogP contribution in [0.4, 0.5) is 0 Å². The van der Waals surface area contributed by atoms with Gasteiger partial charge in [0.05, 0.1) is 17.1 Å². The first-order valence-corrected chi connectivity index (χ1v) is 11.6. The van der Waals surface area contributed by atoms with E-state index in [1.165, 1.54) is 12.1 Å².